The van der Waals surface area contributed by atoms with Gasteiger partial charge in [-0.25, -0.2) is 8.42 Å². The predicted octanol–water partition coefficient (Wildman–Crippen LogP) is 1.75. The maximum atomic E-state index is 12.1. The Kier molecular flexibility index (Phi) is 3.75. The van der Waals surface area contributed by atoms with Gasteiger partial charge in [0.1, 0.15) is 4.90 Å². The zero-order valence-corrected chi connectivity index (χ0v) is 11.4. The molecule has 0 radical (unpaired) electrons. The van der Waals surface area contributed by atoms with Crippen LogP contribution in [0.25, 0.3) is 0 Å². The molecule has 1 aromatic heterocycles. The second-order valence-electron chi connectivity index (χ2n) is 4.17. The van der Waals surface area contributed by atoms with Crippen LogP contribution in [0, 0.1) is 0 Å². The molecule has 1 aromatic carbocycles. The standard InChI is InChI=1S/C12H16N4O2S/c1-2-5-9-8-12(15-14-9)16-19(17,18)11-7-4-3-6-10(11)13/h3-4,6-8H,2,5,13H2,1H3,(H2,14,15,16). The molecule has 0 aliphatic carbocycles. The Hall–Kier alpha value is -2.02. The molecule has 19 heavy (non-hydrogen) atoms. The number of hydrogen-bond acceptors (Lipinski definition) is 4. The number of nitrogens with zero attached hydrogens (tertiary/aromatic N) is 1. The van der Waals surface area contributed by atoms with Crippen LogP contribution in [0.15, 0.2) is 35.2 Å². The lowest BCUT2D eigenvalue weighted by atomic mass is 10.2. The molecule has 6 nitrogen and oxygen atoms in total. The monoisotopic (exact) mass is 280 g/mol. The highest BCUT2D eigenvalue weighted by Gasteiger charge is 2.18. The van der Waals surface area contributed by atoms with Crippen LogP contribution in [0.4, 0.5) is 11.5 Å². The Labute approximate surface area is 112 Å². The Balaban J connectivity index is 2.24. The van der Waals surface area contributed by atoms with Gasteiger partial charge in [0.15, 0.2) is 5.82 Å². The van der Waals surface area contributed by atoms with Crippen molar-refractivity contribution in [2.24, 2.45) is 0 Å². The van der Waals surface area contributed by atoms with Gasteiger partial charge in [0.25, 0.3) is 10.0 Å². The third-order valence-electron chi connectivity index (χ3n) is 2.60. The van der Waals surface area contributed by atoms with E-state index in [2.05, 4.69) is 14.9 Å². The summed E-state index contributed by atoms with van der Waals surface area (Å²) in [6.07, 6.45) is 1.78. The lowest BCUT2D eigenvalue weighted by Crippen LogP contribution is -2.14. The predicted molar refractivity (Wildman–Crippen MR) is 74.2 cm³/mol. The van der Waals surface area contributed by atoms with E-state index in [0.717, 1.165) is 18.5 Å². The molecular weight excluding hydrogens is 264 g/mol. The Bertz CT molecular complexity index is 664. The van der Waals surface area contributed by atoms with Crippen molar-refractivity contribution in [1.29, 1.82) is 0 Å². The fraction of sp³-hybridized carbons (Fsp3) is 0.250. The number of nitrogen functional groups attached to an aromatic ring is 1. The van der Waals surface area contributed by atoms with E-state index in [1.54, 1.807) is 24.3 Å². The Morgan fingerprint density at radius 2 is 2.11 bits per heavy atom. The van der Waals surface area contributed by atoms with Crippen molar-refractivity contribution in [2.45, 2.75) is 24.7 Å². The fourth-order valence-electron chi connectivity index (χ4n) is 1.73. The first kappa shape index (κ1) is 13.4. The van der Waals surface area contributed by atoms with Gasteiger partial charge in [-0.15, -0.1) is 0 Å². The summed E-state index contributed by atoms with van der Waals surface area (Å²) in [6.45, 7) is 2.04. The molecule has 2 rings (SSSR count). The van der Waals surface area contributed by atoms with E-state index in [1.165, 1.54) is 6.07 Å². The van der Waals surface area contributed by atoms with Crippen LogP contribution in [-0.2, 0) is 16.4 Å². The number of para-hydroxylation sites is 1. The minimum Gasteiger partial charge on any atom is -0.398 e. The molecule has 0 saturated heterocycles. The van der Waals surface area contributed by atoms with Crippen molar-refractivity contribution in [2.75, 3.05) is 10.5 Å². The van der Waals surface area contributed by atoms with Crippen molar-refractivity contribution in [1.82, 2.24) is 10.2 Å². The highest BCUT2D eigenvalue weighted by atomic mass is 32.2. The number of sulfonamides is 1. The van der Waals surface area contributed by atoms with Crippen LogP contribution in [0.1, 0.15) is 19.0 Å². The summed E-state index contributed by atoms with van der Waals surface area (Å²) in [4.78, 5) is 0.0510. The molecule has 4 N–H and O–H groups in total. The second kappa shape index (κ2) is 5.31. The van der Waals surface area contributed by atoms with E-state index in [1.807, 2.05) is 6.92 Å². The lowest BCUT2D eigenvalue weighted by molar-refractivity contribution is 0.601. The average molecular weight is 280 g/mol. The normalized spacial score (nSPS) is 11.4. The smallest absolute Gasteiger partial charge is 0.265 e. The van der Waals surface area contributed by atoms with Gasteiger partial charge in [0, 0.05) is 11.8 Å². The summed E-state index contributed by atoms with van der Waals surface area (Å²) in [5.74, 6) is 0.270. The van der Waals surface area contributed by atoms with Crippen LogP contribution in [0.2, 0.25) is 0 Å². The maximum absolute atomic E-state index is 12.1. The van der Waals surface area contributed by atoms with Crippen molar-refractivity contribution >= 4 is 21.5 Å². The molecule has 0 amide bonds. The van der Waals surface area contributed by atoms with E-state index >= 15 is 0 Å². The summed E-state index contributed by atoms with van der Waals surface area (Å²) in [5, 5.41) is 6.71. The summed E-state index contributed by atoms with van der Waals surface area (Å²) in [7, 11) is -3.70. The van der Waals surface area contributed by atoms with Gasteiger partial charge in [-0.3, -0.25) is 9.82 Å². The minimum atomic E-state index is -3.70. The molecular formula is C12H16N4O2S. The van der Waals surface area contributed by atoms with Crippen LogP contribution in [0.5, 0.6) is 0 Å². The number of nitrogens with two attached hydrogens (primary N) is 1. The number of nitrogens with one attached hydrogen (secondary N) is 2. The number of H-pyrrole nitrogens is 1. The lowest BCUT2D eigenvalue weighted by Gasteiger charge is -2.07. The van der Waals surface area contributed by atoms with Crippen LogP contribution >= 0.6 is 0 Å². The largest absolute Gasteiger partial charge is 0.398 e. The highest BCUT2D eigenvalue weighted by molar-refractivity contribution is 7.92. The van der Waals surface area contributed by atoms with Crippen molar-refractivity contribution in [3.8, 4) is 0 Å². The summed E-state index contributed by atoms with van der Waals surface area (Å²) in [5.41, 5.74) is 6.76. The van der Waals surface area contributed by atoms with Gasteiger partial charge in [0.05, 0.1) is 5.69 Å². The number of aromatic nitrogens is 2. The zero-order valence-electron chi connectivity index (χ0n) is 10.6. The molecule has 0 fully saturated rings. The van der Waals surface area contributed by atoms with Crippen molar-refractivity contribution < 1.29 is 8.42 Å². The third kappa shape index (κ3) is 3.05. The molecule has 102 valence electrons. The number of anilines is 2. The van der Waals surface area contributed by atoms with Crippen molar-refractivity contribution in [3.63, 3.8) is 0 Å². The Morgan fingerprint density at radius 3 is 2.79 bits per heavy atom. The first-order chi connectivity index (χ1) is 9.03. The van der Waals surface area contributed by atoms with Gasteiger partial charge in [-0.1, -0.05) is 25.5 Å². The van der Waals surface area contributed by atoms with Crippen LogP contribution in [0.3, 0.4) is 0 Å². The van der Waals surface area contributed by atoms with Gasteiger partial charge < -0.3 is 5.73 Å². The molecule has 0 atom stereocenters. The van der Waals surface area contributed by atoms with Crippen LogP contribution < -0.4 is 10.5 Å². The summed E-state index contributed by atoms with van der Waals surface area (Å²) in [6, 6.07) is 7.99. The number of aryl methyl sites for hydroxylation is 1. The number of benzene rings is 1. The topological polar surface area (TPSA) is 101 Å². The zero-order chi connectivity index (χ0) is 13.9. The number of rotatable bonds is 5. The summed E-state index contributed by atoms with van der Waals surface area (Å²) >= 11 is 0. The van der Waals surface area contributed by atoms with E-state index in [4.69, 9.17) is 5.73 Å². The third-order valence-corrected chi connectivity index (χ3v) is 4.03. The number of hydrogen-bond donors (Lipinski definition) is 3. The highest BCUT2D eigenvalue weighted by Crippen LogP contribution is 2.20. The van der Waals surface area contributed by atoms with E-state index < -0.39 is 10.0 Å². The SMILES string of the molecule is CCCc1cc(NS(=O)(=O)c2ccccc2N)n[nH]1. The molecule has 7 heteroatoms. The quantitative estimate of drug-likeness (QED) is 0.726. The summed E-state index contributed by atoms with van der Waals surface area (Å²) < 4.78 is 26.7. The first-order valence-corrected chi connectivity index (χ1v) is 7.43. The molecule has 1 heterocycles. The second-order valence-corrected chi connectivity index (χ2v) is 5.82. The molecule has 0 spiro atoms. The Morgan fingerprint density at radius 1 is 1.37 bits per heavy atom. The molecule has 0 aliphatic rings. The number of aromatic amines is 1. The van der Waals surface area contributed by atoms with Gasteiger partial charge in [-0.05, 0) is 18.6 Å². The molecule has 0 aliphatic heterocycles. The van der Waals surface area contributed by atoms with Gasteiger partial charge >= 0.3 is 0 Å². The molecule has 0 bridgehead atoms. The van der Waals surface area contributed by atoms with E-state index in [-0.39, 0.29) is 16.4 Å². The van der Waals surface area contributed by atoms with Gasteiger partial charge in [-0.2, -0.15) is 5.10 Å². The fourth-order valence-corrected chi connectivity index (χ4v) is 2.86. The van der Waals surface area contributed by atoms with E-state index in [0.29, 0.717) is 0 Å². The minimum absolute atomic E-state index is 0.0510. The van der Waals surface area contributed by atoms with E-state index in [9.17, 15) is 8.42 Å². The maximum Gasteiger partial charge on any atom is 0.265 e. The van der Waals surface area contributed by atoms with Crippen LogP contribution in [-0.4, -0.2) is 18.6 Å². The van der Waals surface area contributed by atoms with Crippen molar-refractivity contribution in [3.05, 3.63) is 36.0 Å². The molecule has 2 aromatic rings. The average Bonchev–Trinajstić information content (AvgIpc) is 2.76. The molecule has 0 saturated carbocycles. The van der Waals surface area contributed by atoms with Gasteiger partial charge in [0.2, 0.25) is 0 Å². The first-order valence-electron chi connectivity index (χ1n) is 5.94. The molecule has 0 unspecified atom stereocenters.